The Morgan fingerprint density at radius 3 is 2.10 bits per heavy atom. The first-order valence-corrected chi connectivity index (χ1v) is 9.68. The Hall–Kier alpha value is -3.35. The normalized spacial score (nSPS) is 14.1. The molecule has 1 fully saturated rings. The molecule has 1 aliphatic carbocycles. The van der Waals surface area contributed by atoms with Gasteiger partial charge < -0.3 is 15.2 Å². The van der Waals surface area contributed by atoms with Crippen molar-refractivity contribution in [3.8, 4) is 16.9 Å². The van der Waals surface area contributed by atoms with Crippen LogP contribution in [0.25, 0.3) is 11.1 Å². The molecule has 29 heavy (non-hydrogen) atoms. The molecule has 0 radical (unpaired) electrons. The topological polar surface area (TPSA) is 105 Å². The molecule has 1 saturated carbocycles. The second kappa shape index (κ2) is 9.73. The zero-order valence-corrected chi connectivity index (χ0v) is 16.0. The van der Waals surface area contributed by atoms with Crippen molar-refractivity contribution in [3.05, 3.63) is 54.1 Å². The number of imide groups is 1. The average molecular weight is 396 g/mol. The van der Waals surface area contributed by atoms with Crippen LogP contribution in [0.1, 0.15) is 42.5 Å². The molecule has 0 aliphatic heterocycles. The number of carbonyl (C=O) groups excluding carboxylic acids is 3. The van der Waals surface area contributed by atoms with Crippen LogP contribution in [0.15, 0.2) is 48.5 Å². The fraction of sp³-hybridized carbons (Fsp3) is 0.318. The van der Waals surface area contributed by atoms with Gasteiger partial charge in [-0.1, -0.05) is 43.5 Å². The summed E-state index contributed by atoms with van der Waals surface area (Å²) in [5.74, 6) is -1.14. The summed E-state index contributed by atoms with van der Waals surface area (Å²) < 4.78 is 4.98. The number of rotatable bonds is 5. The minimum atomic E-state index is -0.674. The number of carbonyl (C=O) groups is 3. The van der Waals surface area contributed by atoms with Crippen molar-refractivity contribution in [1.82, 2.24) is 10.6 Å². The second-order valence-electron chi connectivity index (χ2n) is 7.06. The van der Waals surface area contributed by atoms with Crippen LogP contribution in [-0.4, -0.2) is 35.7 Å². The molecule has 0 saturated heterocycles. The van der Waals surface area contributed by atoms with E-state index in [2.05, 4.69) is 10.6 Å². The van der Waals surface area contributed by atoms with Crippen molar-refractivity contribution in [3.63, 3.8) is 0 Å². The lowest BCUT2D eigenvalue weighted by atomic mass is 9.96. The van der Waals surface area contributed by atoms with Crippen molar-refractivity contribution in [2.24, 2.45) is 0 Å². The lowest BCUT2D eigenvalue weighted by Gasteiger charge is -2.22. The molecule has 0 atom stereocenters. The standard InChI is InChI=1S/C22H24N2O5/c25-19-12-10-16(11-13-19)15-6-8-17(9-7-15)21(27)29-14-20(26)24-22(28)23-18-4-2-1-3-5-18/h6-13,18,25H,1-5,14H2,(H2,23,24,26,28). The van der Waals surface area contributed by atoms with E-state index in [9.17, 15) is 19.5 Å². The predicted octanol–water partition coefficient (Wildman–Crippen LogP) is 3.37. The highest BCUT2D eigenvalue weighted by Crippen LogP contribution is 2.22. The molecule has 7 heteroatoms. The van der Waals surface area contributed by atoms with Crippen LogP contribution < -0.4 is 10.6 Å². The summed E-state index contributed by atoms with van der Waals surface area (Å²) in [7, 11) is 0. The Kier molecular flexibility index (Phi) is 6.84. The minimum Gasteiger partial charge on any atom is -0.508 e. The third-order valence-electron chi connectivity index (χ3n) is 4.85. The molecule has 2 aromatic rings. The molecule has 7 nitrogen and oxygen atoms in total. The molecule has 0 bridgehead atoms. The average Bonchev–Trinajstić information content (AvgIpc) is 2.73. The summed E-state index contributed by atoms with van der Waals surface area (Å²) in [6.45, 7) is -0.531. The van der Waals surface area contributed by atoms with E-state index in [1.807, 2.05) is 0 Å². The SMILES string of the molecule is O=C(COC(=O)c1ccc(-c2ccc(O)cc2)cc1)NC(=O)NC1CCCCC1. The van der Waals surface area contributed by atoms with Gasteiger partial charge in [-0.3, -0.25) is 10.1 Å². The summed E-state index contributed by atoms with van der Waals surface area (Å²) in [4.78, 5) is 35.8. The molecule has 152 valence electrons. The zero-order chi connectivity index (χ0) is 20.6. The smallest absolute Gasteiger partial charge is 0.338 e. The van der Waals surface area contributed by atoms with Gasteiger partial charge in [0.2, 0.25) is 0 Å². The fourth-order valence-electron chi connectivity index (χ4n) is 3.30. The highest BCUT2D eigenvalue weighted by Gasteiger charge is 2.18. The molecular formula is C22H24N2O5. The largest absolute Gasteiger partial charge is 0.508 e. The Balaban J connectivity index is 1.45. The number of urea groups is 1. The first-order chi connectivity index (χ1) is 14.0. The molecule has 0 aromatic heterocycles. The molecule has 0 spiro atoms. The molecule has 3 amide bonds. The maximum absolute atomic E-state index is 12.1. The number of hydrogen-bond donors (Lipinski definition) is 3. The maximum atomic E-state index is 12.1. The highest BCUT2D eigenvalue weighted by molar-refractivity contribution is 5.97. The van der Waals surface area contributed by atoms with Gasteiger partial charge in [-0.25, -0.2) is 9.59 Å². The third kappa shape index (κ3) is 6.07. The number of hydrogen-bond acceptors (Lipinski definition) is 5. The Morgan fingerprint density at radius 1 is 0.897 bits per heavy atom. The Bertz CT molecular complexity index is 856. The van der Waals surface area contributed by atoms with Crippen LogP contribution >= 0.6 is 0 Å². The van der Waals surface area contributed by atoms with Crippen molar-refractivity contribution in [2.45, 2.75) is 38.1 Å². The van der Waals surface area contributed by atoms with Gasteiger partial charge in [0.05, 0.1) is 5.56 Å². The minimum absolute atomic E-state index is 0.0891. The van der Waals surface area contributed by atoms with Crippen LogP contribution in [0, 0.1) is 0 Å². The van der Waals surface area contributed by atoms with E-state index < -0.39 is 24.5 Å². The number of aromatic hydroxyl groups is 1. The van der Waals surface area contributed by atoms with Crippen molar-refractivity contribution in [1.29, 1.82) is 0 Å². The lowest BCUT2D eigenvalue weighted by molar-refractivity contribution is -0.123. The van der Waals surface area contributed by atoms with Crippen LogP contribution in [0.3, 0.4) is 0 Å². The first-order valence-electron chi connectivity index (χ1n) is 9.68. The number of esters is 1. The summed E-state index contributed by atoms with van der Waals surface area (Å²) in [5, 5.41) is 14.3. The third-order valence-corrected chi connectivity index (χ3v) is 4.85. The van der Waals surface area contributed by atoms with E-state index in [0.29, 0.717) is 5.56 Å². The van der Waals surface area contributed by atoms with Gasteiger partial charge in [0, 0.05) is 6.04 Å². The van der Waals surface area contributed by atoms with E-state index in [-0.39, 0.29) is 11.8 Å². The van der Waals surface area contributed by atoms with Gasteiger partial charge in [-0.15, -0.1) is 0 Å². The van der Waals surface area contributed by atoms with E-state index in [0.717, 1.165) is 36.8 Å². The van der Waals surface area contributed by atoms with E-state index >= 15 is 0 Å². The van der Waals surface area contributed by atoms with Crippen molar-refractivity contribution < 1.29 is 24.2 Å². The van der Waals surface area contributed by atoms with Crippen LogP contribution in [0.4, 0.5) is 4.79 Å². The van der Waals surface area contributed by atoms with Crippen molar-refractivity contribution >= 4 is 17.9 Å². The number of phenols is 1. The van der Waals surface area contributed by atoms with Gasteiger partial charge in [0.15, 0.2) is 6.61 Å². The number of benzene rings is 2. The number of ether oxygens (including phenoxy) is 1. The maximum Gasteiger partial charge on any atom is 0.338 e. The molecule has 1 aliphatic rings. The Labute approximate surface area is 169 Å². The van der Waals surface area contributed by atoms with Crippen molar-refractivity contribution in [2.75, 3.05) is 6.61 Å². The van der Waals surface area contributed by atoms with Gasteiger partial charge >= 0.3 is 12.0 Å². The molecule has 2 aromatic carbocycles. The quantitative estimate of drug-likeness (QED) is 0.672. The number of phenolic OH excluding ortho intramolecular Hbond substituents is 1. The molecule has 3 N–H and O–H groups in total. The summed E-state index contributed by atoms with van der Waals surface area (Å²) in [6.07, 6.45) is 5.14. The van der Waals surface area contributed by atoms with Gasteiger partial charge in [0.25, 0.3) is 5.91 Å². The highest BCUT2D eigenvalue weighted by atomic mass is 16.5. The van der Waals surface area contributed by atoms with Crippen LogP contribution in [-0.2, 0) is 9.53 Å². The molecular weight excluding hydrogens is 372 g/mol. The second-order valence-corrected chi connectivity index (χ2v) is 7.06. The van der Waals surface area contributed by atoms with Gasteiger partial charge in [-0.05, 0) is 48.2 Å². The summed E-state index contributed by atoms with van der Waals surface area (Å²) in [6, 6.07) is 12.9. The van der Waals surface area contributed by atoms with E-state index in [1.54, 1.807) is 48.5 Å². The first kappa shape index (κ1) is 20.4. The van der Waals surface area contributed by atoms with Crippen LogP contribution in [0.5, 0.6) is 5.75 Å². The zero-order valence-electron chi connectivity index (χ0n) is 16.0. The summed E-state index contributed by atoms with van der Waals surface area (Å²) in [5.41, 5.74) is 2.07. The number of amides is 3. The molecule has 0 unspecified atom stereocenters. The fourth-order valence-corrected chi connectivity index (χ4v) is 3.30. The number of nitrogens with one attached hydrogen (secondary N) is 2. The molecule has 0 heterocycles. The predicted molar refractivity (Wildman–Crippen MR) is 107 cm³/mol. The van der Waals surface area contributed by atoms with Crippen LogP contribution in [0.2, 0.25) is 0 Å². The van der Waals surface area contributed by atoms with E-state index in [1.165, 1.54) is 6.42 Å². The van der Waals surface area contributed by atoms with Gasteiger partial charge in [0.1, 0.15) is 5.75 Å². The summed E-state index contributed by atoms with van der Waals surface area (Å²) >= 11 is 0. The van der Waals surface area contributed by atoms with E-state index in [4.69, 9.17) is 4.74 Å². The lowest BCUT2D eigenvalue weighted by Crippen LogP contribution is -2.46. The monoisotopic (exact) mass is 396 g/mol. The van der Waals surface area contributed by atoms with Gasteiger partial charge in [-0.2, -0.15) is 0 Å². The molecule has 3 rings (SSSR count). The Morgan fingerprint density at radius 2 is 1.48 bits per heavy atom.